The third-order valence-electron chi connectivity index (χ3n) is 3.64. The molecule has 0 radical (unpaired) electrons. The third-order valence-corrected chi connectivity index (χ3v) is 3.64. The second-order valence-electron chi connectivity index (χ2n) is 5.23. The van der Waals surface area contributed by atoms with Gasteiger partial charge in [-0.2, -0.15) is 0 Å². The van der Waals surface area contributed by atoms with Crippen molar-refractivity contribution in [2.45, 2.75) is 51.6 Å². The number of carbonyl (C=O) groups is 1. The lowest BCUT2D eigenvalue weighted by Crippen LogP contribution is -2.53. The van der Waals surface area contributed by atoms with Crippen LogP contribution in [0, 0.1) is 5.92 Å². The normalized spacial score (nSPS) is 31.7. The average molecular weight is 210 g/mol. The van der Waals surface area contributed by atoms with Crippen LogP contribution >= 0.6 is 0 Å². The highest BCUT2D eigenvalue weighted by atomic mass is 16.1. The molecule has 2 rings (SSSR count). The highest BCUT2D eigenvalue weighted by Gasteiger charge is 2.35. The number of nitrogens with zero attached hydrogens (tertiary/aromatic N) is 1. The molecule has 0 aromatic carbocycles. The van der Waals surface area contributed by atoms with Gasteiger partial charge in [0.1, 0.15) is 0 Å². The molecule has 1 aliphatic heterocycles. The van der Waals surface area contributed by atoms with Crippen LogP contribution in [0.3, 0.4) is 0 Å². The van der Waals surface area contributed by atoms with Gasteiger partial charge in [0.25, 0.3) is 0 Å². The Bertz CT molecular complexity index is 228. The minimum Gasteiger partial charge on any atom is -0.353 e. The molecular weight excluding hydrogens is 188 g/mol. The highest BCUT2D eigenvalue weighted by molar-refractivity contribution is 5.78. The zero-order chi connectivity index (χ0) is 10.8. The topological polar surface area (TPSA) is 32.3 Å². The second kappa shape index (κ2) is 4.52. The molecule has 0 bridgehead atoms. The molecule has 1 aliphatic carbocycles. The van der Waals surface area contributed by atoms with Gasteiger partial charge in [0.05, 0.1) is 0 Å². The molecule has 0 atom stereocenters. The van der Waals surface area contributed by atoms with Gasteiger partial charge in [0.2, 0.25) is 5.91 Å². The van der Waals surface area contributed by atoms with E-state index >= 15 is 0 Å². The summed E-state index contributed by atoms with van der Waals surface area (Å²) in [4.78, 5) is 14.0. The highest BCUT2D eigenvalue weighted by Crippen LogP contribution is 2.28. The van der Waals surface area contributed by atoms with Gasteiger partial charge in [-0.15, -0.1) is 0 Å². The SMILES string of the molecule is CC(C)C(=O)NC1CC(N2CCCC2)C1. The van der Waals surface area contributed by atoms with Crippen molar-refractivity contribution < 1.29 is 4.79 Å². The lowest BCUT2D eigenvalue weighted by Gasteiger charge is -2.41. The molecular formula is C12H22N2O. The Kier molecular flexibility index (Phi) is 3.29. The van der Waals surface area contributed by atoms with Crippen molar-refractivity contribution in [2.24, 2.45) is 5.92 Å². The summed E-state index contributed by atoms with van der Waals surface area (Å²) in [6, 6.07) is 1.20. The van der Waals surface area contributed by atoms with Crippen molar-refractivity contribution in [1.82, 2.24) is 10.2 Å². The van der Waals surface area contributed by atoms with Crippen molar-refractivity contribution in [3.05, 3.63) is 0 Å². The maximum atomic E-state index is 11.4. The summed E-state index contributed by atoms with van der Waals surface area (Å²) < 4.78 is 0. The van der Waals surface area contributed by atoms with Gasteiger partial charge in [-0.25, -0.2) is 0 Å². The van der Waals surface area contributed by atoms with E-state index in [1.54, 1.807) is 0 Å². The van der Waals surface area contributed by atoms with E-state index < -0.39 is 0 Å². The summed E-state index contributed by atoms with van der Waals surface area (Å²) >= 11 is 0. The van der Waals surface area contributed by atoms with Crippen molar-refractivity contribution >= 4 is 5.91 Å². The fraction of sp³-hybridized carbons (Fsp3) is 0.917. The summed E-state index contributed by atoms with van der Waals surface area (Å²) in [5.74, 6) is 0.329. The van der Waals surface area contributed by atoms with E-state index in [4.69, 9.17) is 0 Å². The molecule has 0 unspecified atom stereocenters. The second-order valence-corrected chi connectivity index (χ2v) is 5.23. The van der Waals surface area contributed by atoms with E-state index in [2.05, 4.69) is 10.2 Å². The molecule has 0 aromatic heterocycles. The largest absolute Gasteiger partial charge is 0.353 e. The summed E-state index contributed by atoms with van der Waals surface area (Å²) in [5, 5.41) is 3.10. The first-order valence-electron chi connectivity index (χ1n) is 6.21. The number of carbonyl (C=O) groups excluding carboxylic acids is 1. The van der Waals surface area contributed by atoms with E-state index in [0.29, 0.717) is 6.04 Å². The molecule has 86 valence electrons. The van der Waals surface area contributed by atoms with Crippen molar-refractivity contribution in [3.8, 4) is 0 Å². The zero-order valence-electron chi connectivity index (χ0n) is 9.83. The summed E-state index contributed by atoms with van der Waals surface area (Å²) in [6.45, 7) is 6.45. The number of hydrogen-bond acceptors (Lipinski definition) is 2. The molecule has 1 amide bonds. The first kappa shape index (κ1) is 10.9. The van der Waals surface area contributed by atoms with Crippen LogP contribution in [0.5, 0.6) is 0 Å². The molecule has 3 nitrogen and oxygen atoms in total. The van der Waals surface area contributed by atoms with Crippen molar-refractivity contribution in [3.63, 3.8) is 0 Å². The number of nitrogens with one attached hydrogen (secondary N) is 1. The van der Waals surface area contributed by atoms with Gasteiger partial charge in [0, 0.05) is 18.0 Å². The summed E-state index contributed by atoms with van der Waals surface area (Å²) in [5.41, 5.74) is 0. The summed E-state index contributed by atoms with van der Waals surface area (Å²) in [7, 11) is 0. The number of hydrogen-bond donors (Lipinski definition) is 1. The molecule has 15 heavy (non-hydrogen) atoms. The molecule has 2 aliphatic rings. The van der Waals surface area contributed by atoms with E-state index in [9.17, 15) is 4.79 Å². The van der Waals surface area contributed by atoms with Crippen LogP contribution in [-0.2, 0) is 4.79 Å². The minimum absolute atomic E-state index is 0.121. The van der Waals surface area contributed by atoms with Crippen molar-refractivity contribution in [2.75, 3.05) is 13.1 Å². The zero-order valence-corrected chi connectivity index (χ0v) is 9.83. The summed E-state index contributed by atoms with van der Waals surface area (Å²) in [6.07, 6.45) is 5.05. The van der Waals surface area contributed by atoms with Crippen molar-refractivity contribution in [1.29, 1.82) is 0 Å². The van der Waals surface area contributed by atoms with Crippen LogP contribution in [0.25, 0.3) is 0 Å². The van der Waals surface area contributed by atoms with E-state index in [-0.39, 0.29) is 11.8 Å². The molecule has 2 fully saturated rings. The lowest BCUT2D eigenvalue weighted by atomic mass is 9.85. The molecule has 1 saturated carbocycles. The predicted molar refractivity (Wildman–Crippen MR) is 60.6 cm³/mol. The molecule has 1 N–H and O–H groups in total. The van der Waals surface area contributed by atoms with Crippen LogP contribution in [0.15, 0.2) is 0 Å². The Balaban J connectivity index is 1.67. The van der Waals surface area contributed by atoms with Gasteiger partial charge < -0.3 is 10.2 Å². The predicted octanol–water partition coefficient (Wildman–Crippen LogP) is 1.39. The monoisotopic (exact) mass is 210 g/mol. The van der Waals surface area contributed by atoms with Gasteiger partial charge in [-0.05, 0) is 38.8 Å². The third kappa shape index (κ3) is 2.51. The molecule has 0 aromatic rings. The van der Waals surface area contributed by atoms with Gasteiger partial charge in [0.15, 0.2) is 0 Å². The number of amides is 1. The van der Waals surface area contributed by atoms with Gasteiger partial charge in [-0.1, -0.05) is 13.8 Å². The first-order chi connectivity index (χ1) is 7.16. The van der Waals surface area contributed by atoms with Crippen LogP contribution in [-0.4, -0.2) is 36.0 Å². The van der Waals surface area contributed by atoms with E-state index in [1.807, 2.05) is 13.8 Å². The molecule has 3 heteroatoms. The van der Waals surface area contributed by atoms with E-state index in [1.165, 1.54) is 38.8 Å². The fourth-order valence-electron chi connectivity index (χ4n) is 2.48. The maximum Gasteiger partial charge on any atom is 0.222 e. The standard InChI is InChI=1S/C12H22N2O/c1-9(2)12(15)13-10-7-11(8-10)14-5-3-4-6-14/h9-11H,3-8H2,1-2H3,(H,13,15). The van der Waals surface area contributed by atoms with Crippen LogP contribution in [0.4, 0.5) is 0 Å². The van der Waals surface area contributed by atoms with Crippen LogP contribution in [0.1, 0.15) is 39.5 Å². The smallest absolute Gasteiger partial charge is 0.222 e. The number of likely N-dealkylation sites (tertiary alicyclic amines) is 1. The molecule has 1 heterocycles. The van der Waals surface area contributed by atoms with E-state index in [0.717, 1.165) is 6.04 Å². The molecule has 0 spiro atoms. The lowest BCUT2D eigenvalue weighted by molar-refractivity contribution is -0.125. The average Bonchev–Trinajstić information content (AvgIpc) is 2.62. The van der Waals surface area contributed by atoms with Crippen LogP contribution < -0.4 is 5.32 Å². The Morgan fingerprint density at radius 1 is 1.27 bits per heavy atom. The maximum absolute atomic E-state index is 11.4. The quantitative estimate of drug-likeness (QED) is 0.763. The Hall–Kier alpha value is -0.570. The minimum atomic E-state index is 0.121. The van der Waals surface area contributed by atoms with Gasteiger partial charge in [-0.3, -0.25) is 4.79 Å². The first-order valence-corrected chi connectivity index (χ1v) is 6.21. The van der Waals surface area contributed by atoms with Gasteiger partial charge >= 0.3 is 0 Å². The Labute approximate surface area is 92.2 Å². The Morgan fingerprint density at radius 2 is 1.87 bits per heavy atom. The Morgan fingerprint density at radius 3 is 2.40 bits per heavy atom. The number of rotatable bonds is 3. The van der Waals surface area contributed by atoms with Crippen LogP contribution in [0.2, 0.25) is 0 Å². The molecule has 1 saturated heterocycles. The fourth-order valence-corrected chi connectivity index (χ4v) is 2.48.